The lowest BCUT2D eigenvalue weighted by Crippen LogP contribution is -2.45. The number of benzene rings is 1. The Kier molecular flexibility index (Phi) is 5.03. The molecule has 7 heteroatoms. The molecular weight excluding hydrogens is 306 g/mol. The number of carbonyl (C=O) groups is 3. The van der Waals surface area contributed by atoms with E-state index in [1.165, 1.54) is 13.0 Å². The van der Waals surface area contributed by atoms with Crippen molar-refractivity contribution >= 4 is 35.0 Å². The number of hydrogen-bond acceptors (Lipinski definition) is 3. The van der Waals surface area contributed by atoms with Crippen molar-refractivity contribution in [2.24, 2.45) is 11.7 Å². The minimum absolute atomic E-state index is 0.136. The zero-order chi connectivity index (χ0) is 16.3. The molecule has 3 N–H and O–H groups in total. The van der Waals surface area contributed by atoms with Gasteiger partial charge in [0.25, 0.3) is 0 Å². The van der Waals surface area contributed by atoms with Crippen LogP contribution in [-0.4, -0.2) is 35.7 Å². The number of nitrogens with zero attached hydrogens (tertiary/aromatic N) is 1. The topological polar surface area (TPSA) is 92.5 Å². The number of hydrogen-bond donors (Lipinski definition) is 2. The van der Waals surface area contributed by atoms with E-state index in [9.17, 15) is 14.4 Å². The molecular formula is C15H18ClN3O3. The molecule has 0 aromatic heterocycles. The van der Waals surface area contributed by atoms with Crippen LogP contribution < -0.4 is 11.1 Å². The van der Waals surface area contributed by atoms with Gasteiger partial charge in [0.2, 0.25) is 5.91 Å². The number of primary amides is 1. The monoisotopic (exact) mass is 323 g/mol. The smallest absolute Gasteiger partial charge is 0.321 e. The second-order valence-electron chi connectivity index (χ2n) is 5.37. The number of anilines is 1. The standard InChI is InChI=1S/C15H18ClN3O3/c1-9(20)12-5-4-11(7-13(12)16)18-15(22)19-6-2-3-10(8-19)14(17)21/h4-5,7,10H,2-3,6,8H2,1H3,(H2,17,21)(H,18,22)/t10-/m1/s1. The van der Waals surface area contributed by atoms with Crippen molar-refractivity contribution in [1.82, 2.24) is 4.90 Å². The van der Waals surface area contributed by atoms with Crippen molar-refractivity contribution < 1.29 is 14.4 Å². The van der Waals surface area contributed by atoms with Crippen LogP contribution >= 0.6 is 11.6 Å². The first-order valence-corrected chi connectivity index (χ1v) is 7.42. The number of Topliss-reactive ketones (excluding diaryl/α,β-unsaturated/α-hetero) is 1. The van der Waals surface area contributed by atoms with Crippen LogP contribution in [0.1, 0.15) is 30.1 Å². The summed E-state index contributed by atoms with van der Waals surface area (Å²) in [5.74, 6) is -0.822. The molecule has 1 aromatic carbocycles. The zero-order valence-electron chi connectivity index (χ0n) is 12.3. The first kappa shape index (κ1) is 16.3. The van der Waals surface area contributed by atoms with Crippen molar-refractivity contribution in [3.63, 3.8) is 0 Å². The highest BCUT2D eigenvalue weighted by molar-refractivity contribution is 6.34. The first-order chi connectivity index (χ1) is 10.4. The van der Waals surface area contributed by atoms with Crippen molar-refractivity contribution in [3.8, 4) is 0 Å². The minimum atomic E-state index is -0.383. The molecule has 1 atom stereocenters. The van der Waals surface area contributed by atoms with Gasteiger partial charge in [-0.3, -0.25) is 9.59 Å². The number of ketones is 1. The van der Waals surface area contributed by atoms with Crippen LogP contribution in [0, 0.1) is 5.92 Å². The molecule has 0 bridgehead atoms. The summed E-state index contributed by atoms with van der Waals surface area (Å²) in [6.07, 6.45) is 1.45. The van der Waals surface area contributed by atoms with Crippen molar-refractivity contribution in [3.05, 3.63) is 28.8 Å². The Bertz CT molecular complexity index is 618. The molecule has 1 aromatic rings. The van der Waals surface area contributed by atoms with Crippen LogP contribution in [0.25, 0.3) is 0 Å². The molecule has 0 spiro atoms. The van der Waals surface area contributed by atoms with Gasteiger partial charge in [-0.15, -0.1) is 0 Å². The number of nitrogens with two attached hydrogens (primary N) is 1. The van der Waals surface area contributed by atoms with Crippen molar-refractivity contribution in [1.29, 1.82) is 0 Å². The summed E-state index contributed by atoms with van der Waals surface area (Å²) in [6, 6.07) is 4.42. The van der Waals surface area contributed by atoms with Gasteiger partial charge in [0.15, 0.2) is 5.78 Å². The third-order valence-corrected chi connectivity index (χ3v) is 4.02. The number of nitrogens with one attached hydrogen (secondary N) is 1. The van der Waals surface area contributed by atoms with Crippen LogP contribution in [0.4, 0.5) is 10.5 Å². The molecule has 1 saturated heterocycles. The summed E-state index contributed by atoms with van der Waals surface area (Å²) in [5.41, 5.74) is 6.21. The van der Waals surface area contributed by atoms with Crippen LogP contribution in [0.5, 0.6) is 0 Å². The summed E-state index contributed by atoms with van der Waals surface area (Å²) in [7, 11) is 0. The molecule has 3 amide bonds. The number of likely N-dealkylation sites (tertiary alicyclic amines) is 1. The number of piperidine rings is 1. The lowest BCUT2D eigenvalue weighted by molar-refractivity contribution is -0.123. The van der Waals surface area contributed by atoms with E-state index in [-0.39, 0.29) is 23.6 Å². The molecule has 2 rings (SSSR count). The van der Waals surface area contributed by atoms with Crippen molar-refractivity contribution in [2.75, 3.05) is 18.4 Å². The Hall–Kier alpha value is -2.08. The van der Waals surface area contributed by atoms with E-state index in [4.69, 9.17) is 17.3 Å². The summed E-state index contributed by atoms with van der Waals surface area (Å²) in [5, 5.41) is 3.01. The average Bonchev–Trinajstić information content (AvgIpc) is 2.47. The van der Waals surface area contributed by atoms with E-state index in [2.05, 4.69) is 5.32 Å². The van der Waals surface area contributed by atoms with Gasteiger partial charge >= 0.3 is 6.03 Å². The van der Waals surface area contributed by atoms with Crippen LogP contribution in [-0.2, 0) is 4.79 Å². The van der Waals surface area contributed by atoms with Crippen LogP contribution in [0.3, 0.4) is 0 Å². The summed E-state index contributed by atoms with van der Waals surface area (Å²) < 4.78 is 0. The molecule has 0 unspecified atom stereocenters. The fourth-order valence-electron chi connectivity index (χ4n) is 2.47. The second-order valence-corrected chi connectivity index (χ2v) is 5.78. The maximum Gasteiger partial charge on any atom is 0.321 e. The molecule has 0 radical (unpaired) electrons. The second kappa shape index (κ2) is 6.79. The van der Waals surface area contributed by atoms with Gasteiger partial charge < -0.3 is 16.0 Å². The number of carbonyl (C=O) groups excluding carboxylic acids is 3. The molecule has 0 saturated carbocycles. The SMILES string of the molecule is CC(=O)c1ccc(NC(=O)N2CCC[C@@H](C(N)=O)C2)cc1Cl. The Morgan fingerprint density at radius 1 is 1.36 bits per heavy atom. The lowest BCUT2D eigenvalue weighted by Gasteiger charge is -2.31. The van der Waals surface area contributed by atoms with Gasteiger partial charge in [-0.1, -0.05) is 11.6 Å². The highest BCUT2D eigenvalue weighted by Crippen LogP contribution is 2.22. The fourth-order valence-corrected chi connectivity index (χ4v) is 2.79. The maximum atomic E-state index is 12.2. The number of halogens is 1. The van der Waals surface area contributed by atoms with Crippen LogP contribution in [0.2, 0.25) is 5.02 Å². The molecule has 6 nitrogen and oxygen atoms in total. The van der Waals surface area contributed by atoms with E-state index in [1.807, 2.05) is 0 Å². The minimum Gasteiger partial charge on any atom is -0.369 e. The summed E-state index contributed by atoms with van der Waals surface area (Å²) in [6.45, 7) is 2.33. The van der Waals surface area contributed by atoms with E-state index >= 15 is 0 Å². The predicted molar refractivity (Wildman–Crippen MR) is 84.0 cm³/mol. The molecule has 1 aliphatic rings. The Morgan fingerprint density at radius 2 is 2.09 bits per heavy atom. The highest BCUT2D eigenvalue weighted by atomic mass is 35.5. The van der Waals surface area contributed by atoms with E-state index < -0.39 is 0 Å². The van der Waals surface area contributed by atoms with E-state index in [0.29, 0.717) is 35.8 Å². The average molecular weight is 324 g/mol. The van der Waals surface area contributed by atoms with Gasteiger partial charge in [-0.2, -0.15) is 0 Å². The quantitative estimate of drug-likeness (QED) is 0.836. The summed E-state index contributed by atoms with van der Waals surface area (Å²) in [4.78, 5) is 36.3. The summed E-state index contributed by atoms with van der Waals surface area (Å²) >= 11 is 6.01. The molecule has 1 fully saturated rings. The Morgan fingerprint density at radius 3 is 2.68 bits per heavy atom. The molecule has 0 aliphatic carbocycles. The lowest BCUT2D eigenvalue weighted by atomic mass is 9.98. The fraction of sp³-hybridized carbons (Fsp3) is 0.400. The van der Waals surface area contributed by atoms with Gasteiger partial charge in [-0.05, 0) is 38.0 Å². The van der Waals surface area contributed by atoms with Gasteiger partial charge in [0, 0.05) is 24.3 Å². The molecule has 118 valence electrons. The van der Waals surface area contributed by atoms with E-state index in [1.54, 1.807) is 17.0 Å². The number of urea groups is 1. The Labute approximate surface area is 133 Å². The number of rotatable bonds is 3. The van der Waals surface area contributed by atoms with Crippen LogP contribution in [0.15, 0.2) is 18.2 Å². The van der Waals surface area contributed by atoms with Gasteiger partial charge in [0.05, 0.1) is 10.9 Å². The number of amides is 3. The normalized spacial score (nSPS) is 17.9. The van der Waals surface area contributed by atoms with E-state index in [0.717, 1.165) is 6.42 Å². The van der Waals surface area contributed by atoms with Crippen molar-refractivity contribution in [2.45, 2.75) is 19.8 Å². The zero-order valence-corrected chi connectivity index (χ0v) is 13.0. The molecule has 1 heterocycles. The first-order valence-electron chi connectivity index (χ1n) is 7.04. The third-order valence-electron chi connectivity index (χ3n) is 3.71. The third kappa shape index (κ3) is 3.76. The largest absolute Gasteiger partial charge is 0.369 e. The predicted octanol–water partition coefficient (Wildman–Crippen LogP) is 2.27. The van der Waals surface area contributed by atoms with Gasteiger partial charge in [-0.25, -0.2) is 4.79 Å². The highest BCUT2D eigenvalue weighted by Gasteiger charge is 2.27. The molecule has 22 heavy (non-hydrogen) atoms. The maximum absolute atomic E-state index is 12.2. The van der Waals surface area contributed by atoms with Gasteiger partial charge in [0.1, 0.15) is 0 Å². The Balaban J connectivity index is 2.04. The molecule has 1 aliphatic heterocycles.